The Hall–Kier alpha value is -1.84. The van der Waals surface area contributed by atoms with Crippen molar-refractivity contribution in [2.45, 2.75) is 104 Å². The molecule has 178 valence electrons. The molecule has 1 aliphatic carbocycles. The number of likely N-dealkylation sites (tertiary alicyclic amines) is 1. The van der Waals surface area contributed by atoms with Gasteiger partial charge < -0.3 is 9.64 Å². The van der Waals surface area contributed by atoms with Gasteiger partial charge >= 0.3 is 5.97 Å². The van der Waals surface area contributed by atoms with Crippen molar-refractivity contribution in [3.63, 3.8) is 0 Å². The lowest BCUT2D eigenvalue weighted by Gasteiger charge is -2.49. The van der Waals surface area contributed by atoms with Gasteiger partial charge in [0.2, 0.25) is 5.91 Å². The van der Waals surface area contributed by atoms with Gasteiger partial charge in [-0.25, -0.2) is 4.79 Å². The molecule has 1 saturated carbocycles. The fourth-order valence-electron chi connectivity index (χ4n) is 5.84. The maximum absolute atomic E-state index is 13.3. The van der Waals surface area contributed by atoms with E-state index < -0.39 is 0 Å². The number of hydrogen-bond acceptors (Lipinski definition) is 3. The lowest BCUT2D eigenvalue weighted by Crippen LogP contribution is -2.50. The summed E-state index contributed by atoms with van der Waals surface area (Å²) >= 11 is 0. The fourth-order valence-corrected chi connectivity index (χ4v) is 5.84. The van der Waals surface area contributed by atoms with Crippen LogP contribution < -0.4 is 0 Å². The lowest BCUT2D eigenvalue weighted by molar-refractivity contribution is -0.136. The smallest absolute Gasteiger partial charge is 0.337 e. The van der Waals surface area contributed by atoms with E-state index in [2.05, 4.69) is 46.4 Å². The van der Waals surface area contributed by atoms with Crippen LogP contribution in [0.3, 0.4) is 0 Å². The average Bonchev–Trinajstić information content (AvgIpc) is 3.03. The molecule has 1 aromatic rings. The van der Waals surface area contributed by atoms with Gasteiger partial charge in [-0.1, -0.05) is 53.7 Å². The highest BCUT2D eigenvalue weighted by atomic mass is 16.5. The molecule has 4 nitrogen and oxygen atoms in total. The summed E-state index contributed by atoms with van der Waals surface area (Å²) in [4.78, 5) is 27.5. The Kier molecular flexibility index (Phi) is 7.12. The molecule has 0 bridgehead atoms. The van der Waals surface area contributed by atoms with Crippen LogP contribution in [0.1, 0.15) is 115 Å². The minimum atomic E-state index is -0.322. The molecule has 1 amide bonds. The number of ether oxygens (including phenoxy) is 1. The van der Waals surface area contributed by atoms with Gasteiger partial charge in [-0.05, 0) is 79.4 Å². The monoisotopic (exact) mass is 441 g/mol. The normalized spacial score (nSPS) is 25.3. The molecular formula is C28H43NO3. The van der Waals surface area contributed by atoms with E-state index in [0.29, 0.717) is 23.3 Å². The van der Waals surface area contributed by atoms with Gasteiger partial charge in [0.25, 0.3) is 0 Å². The highest BCUT2D eigenvalue weighted by molar-refractivity contribution is 5.89. The zero-order valence-corrected chi connectivity index (χ0v) is 21.3. The van der Waals surface area contributed by atoms with Crippen LogP contribution in [0.25, 0.3) is 0 Å². The van der Waals surface area contributed by atoms with E-state index in [1.807, 2.05) is 24.3 Å². The third-order valence-corrected chi connectivity index (χ3v) is 7.92. The van der Waals surface area contributed by atoms with Crippen molar-refractivity contribution in [2.75, 3.05) is 7.11 Å². The number of carbonyl (C=O) groups is 2. The summed E-state index contributed by atoms with van der Waals surface area (Å²) < 4.78 is 4.87. The number of carbonyl (C=O) groups excluding carboxylic acids is 2. The Balaban J connectivity index is 1.92. The van der Waals surface area contributed by atoms with Crippen LogP contribution in [0.15, 0.2) is 24.3 Å². The topological polar surface area (TPSA) is 46.6 Å². The van der Waals surface area contributed by atoms with Crippen LogP contribution in [0.5, 0.6) is 0 Å². The molecule has 1 aliphatic heterocycles. The molecule has 2 fully saturated rings. The van der Waals surface area contributed by atoms with E-state index in [1.165, 1.54) is 20.0 Å². The first kappa shape index (κ1) is 24.8. The molecule has 32 heavy (non-hydrogen) atoms. The van der Waals surface area contributed by atoms with E-state index in [9.17, 15) is 9.59 Å². The van der Waals surface area contributed by atoms with Crippen LogP contribution >= 0.6 is 0 Å². The van der Waals surface area contributed by atoms with Crippen molar-refractivity contribution < 1.29 is 14.3 Å². The number of amides is 1. The van der Waals surface area contributed by atoms with Crippen LogP contribution in [0.4, 0.5) is 0 Å². The number of nitrogens with zero attached hydrogens (tertiary/aromatic N) is 1. The molecule has 3 rings (SSSR count). The summed E-state index contributed by atoms with van der Waals surface area (Å²) in [5.41, 5.74) is 2.20. The molecule has 0 aromatic heterocycles. The predicted molar refractivity (Wildman–Crippen MR) is 129 cm³/mol. The molecule has 2 aliphatic rings. The molecular weight excluding hydrogens is 398 g/mol. The fraction of sp³-hybridized carbons (Fsp3) is 0.714. The summed E-state index contributed by atoms with van der Waals surface area (Å²) in [6.45, 7) is 13.8. The van der Waals surface area contributed by atoms with Gasteiger partial charge in [-0.3, -0.25) is 4.79 Å². The van der Waals surface area contributed by atoms with Crippen LogP contribution in [-0.4, -0.2) is 29.4 Å². The number of methoxy groups -OCH3 is 1. The van der Waals surface area contributed by atoms with Gasteiger partial charge in [-0.15, -0.1) is 0 Å². The molecule has 1 atom stereocenters. The minimum absolute atomic E-state index is 0.0115. The summed E-state index contributed by atoms with van der Waals surface area (Å²) in [6.07, 6.45) is 8.22. The first-order valence-corrected chi connectivity index (χ1v) is 12.4. The van der Waals surface area contributed by atoms with E-state index in [1.54, 1.807) is 0 Å². The highest BCUT2D eigenvalue weighted by Gasteiger charge is 2.50. The maximum atomic E-state index is 13.3. The largest absolute Gasteiger partial charge is 0.465 e. The first-order chi connectivity index (χ1) is 14.9. The molecule has 0 radical (unpaired) electrons. The second-order valence-corrected chi connectivity index (χ2v) is 12.4. The van der Waals surface area contributed by atoms with E-state index in [-0.39, 0.29) is 23.0 Å². The predicted octanol–water partition coefficient (Wildman–Crippen LogP) is 6.94. The van der Waals surface area contributed by atoms with E-state index in [4.69, 9.17) is 4.74 Å². The van der Waals surface area contributed by atoms with Crippen LogP contribution in [0, 0.1) is 16.7 Å². The van der Waals surface area contributed by atoms with Crippen molar-refractivity contribution in [3.05, 3.63) is 35.4 Å². The zero-order chi connectivity index (χ0) is 23.7. The summed E-state index contributed by atoms with van der Waals surface area (Å²) in [5.74, 6) is 0.699. The molecule has 4 heteroatoms. The lowest BCUT2D eigenvalue weighted by atomic mass is 9.66. The van der Waals surface area contributed by atoms with Gasteiger partial charge in [0, 0.05) is 12.0 Å². The number of benzene rings is 1. The molecule has 0 N–H and O–H groups in total. The van der Waals surface area contributed by atoms with Crippen molar-refractivity contribution in [1.29, 1.82) is 0 Å². The average molecular weight is 442 g/mol. The van der Waals surface area contributed by atoms with E-state index in [0.717, 1.165) is 43.6 Å². The van der Waals surface area contributed by atoms with Crippen molar-refractivity contribution in [2.24, 2.45) is 16.7 Å². The number of hydrogen-bond donors (Lipinski definition) is 0. The first-order valence-electron chi connectivity index (χ1n) is 12.4. The molecule has 1 saturated heterocycles. The third kappa shape index (κ3) is 5.38. The summed E-state index contributed by atoms with van der Waals surface area (Å²) in [5, 5.41) is 0. The zero-order valence-electron chi connectivity index (χ0n) is 21.3. The van der Waals surface area contributed by atoms with Gasteiger partial charge in [0.1, 0.15) is 0 Å². The molecule has 1 unspecified atom stereocenters. The Morgan fingerprint density at radius 1 is 1.06 bits per heavy atom. The Bertz CT molecular complexity index is 805. The number of rotatable bonds is 5. The number of esters is 1. The van der Waals surface area contributed by atoms with Crippen molar-refractivity contribution >= 4 is 11.9 Å². The Morgan fingerprint density at radius 2 is 1.66 bits per heavy atom. The van der Waals surface area contributed by atoms with Gasteiger partial charge in [0.05, 0.1) is 18.7 Å². The standard InChI is InChI=1S/C28H43NO3/c1-26(2,3)16-14-23(20-8-10-21(11-9-20)25(31)32-7)29-24(30)15-19-28(29)17-12-22(13-18-28)27(4,5)6/h8-11,22-23H,12-19H2,1-7H3. The second kappa shape index (κ2) is 9.19. The highest BCUT2D eigenvalue weighted by Crippen LogP contribution is 2.51. The van der Waals surface area contributed by atoms with Gasteiger partial charge in [0.15, 0.2) is 0 Å². The van der Waals surface area contributed by atoms with Crippen molar-refractivity contribution in [1.82, 2.24) is 4.90 Å². The maximum Gasteiger partial charge on any atom is 0.337 e. The van der Waals surface area contributed by atoms with Gasteiger partial charge in [-0.2, -0.15) is 0 Å². The molecule has 1 heterocycles. The van der Waals surface area contributed by atoms with Crippen LogP contribution in [0.2, 0.25) is 0 Å². The summed E-state index contributed by atoms with van der Waals surface area (Å²) in [6, 6.07) is 7.80. The second-order valence-electron chi connectivity index (χ2n) is 12.4. The summed E-state index contributed by atoms with van der Waals surface area (Å²) in [7, 11) is 1.41. The minimum Gasteiger partial charge on any atom is -0.465 e. The van der Waals surface area contributed by atoms with E-state index >= 15 is 0 Å². The quantitative estimate of drug-likeness (QED) is 0.465. The Labute approximate surface area is 195 Å². The SMILES string of the molecule is COC(=O)c1ccc(C(CCC(C)(C)C)N2C(=O)CCC23CCC(C(C)(C)C)CC3)cc1. The molecule has 1 aromatic carbocycles. The van der Waals surface area contributed by atoms with Crippen LogP contribution in [-0.2, 0) is 9.53 Å². The van der Waals surface area contributed by atoms with Crippen molar-refractivity contribution in [3.8, 4) is 0 Å². The Morgan fingerprint density at radius 3 is 2.16 bits per heavy atom. The molecule has 1 spiro atoms. The third-order valence-electron chi connectivity index (χ3n) is 7.92.